The number of aliphatic hydroxyl groups excluding tert-OH is 2. The molecule has 1 aliphatic heterocycles. The number of benzene rings is 1. The van der Waals surface area contributed by atoms with E-state index >= 15 is 0 Å². The highest BCUT2D eigenvalue weighted by Gasteiger charge is 2.92. The molecule has 0 aromatic heterocycles. The first-order chi connectivity index (χ1) is 21.4. The van der Waals surface area contributed by atoms with Gasteiger partial charge in [0.25, 0.3) is 0 Å². The lowest BCUT2D eigenvalue weighted by Crippen LogP contribution is -2.81. The van der Waals surface area contributed by atoms with Crippen LogP contribution in [-0.4, -0.2) is 135 Å². The van der Waals surface area contributed by atoms with Gasteiger partial charge >= 0.3 is 11.9 Å². The van der Waals surface area contributed by atoms with Crippen molar-refractivity contribution in [3.63, 3.8) is 0 Å². The molecule has 1 saturated heterocycles. The van der Waals surface area contributed by atoms with Crippen LogP contribution in [0.15, 0.2) is 30.3 Å². The summed E-state index contributed by atoms with van der Waals surface area (Å²) in [7, 11) is 8.20. The second-order valence-electron chi connectivity index (χ2n) is 14.3. The normalized spacial score (nSPS) is 50.7. The summed E-state index contributed by atoms with van der Waals surface area (Å²) in [5, 5.41) is 37.0. The van der Waals surface area contributed by atoms with Crippen LogP contribution in [0.25, 0.3) is 0 Å². The van der Waals surface area contributed by atoms with E-state index in [0.29, 0.717) is 18.5 Å². The Bertz CT molecular complexity index is 1350. The molecule has 1 aromatic rings. The van der Waals surface area contributed by atoms with Crippen molar-refractivity contribution in [1.82, 2.24) is 4.90 Å². The fourth-order valence-electron chi connectivity index (χ4n) is 12.2. The van der Waals surface area contributed by atoms with E-state index in [4.69, 9.17) is 28.4 Å². The third kappa shape index (κ3) is 3.55. The Morgan fingerprint density at radius 2 is 1.71 bits per heavy atom. The Morgan fingerprint density at radius 1 is 1.00 bits per heavy atom. The third-order valence-corrected chi connectivity index (χ3v) is 12.9. The van der Waals surface area contributed by atoms with Gasteiger partial charge in [0.1, 0.15) is 23.9 Å². The molecule has 6 fully saturated rings. The Hall–Kier alpha value is -2.16. The number of carbonyl (C=O) groups is 2. The first-order valence-electron chi connectivity index (χ1n) is 15.8. The maximum atomic E-state index is 13.7. The van der Waals surface area contributed by atoms with Crippen LogP contribution in [0.1, 0.15) is 30.1 Å². The molecule has 3 N–H and O–H groups in total. The number of nitrogens with zero attached hydrogens (tertiary/aromatic N) is 1. The lowest BCUT2D eigenvalue weighted by molar-refractivity contribution is -0.321. The van der Waals surface area contributed by atoms with Crippen molar-refractivity contribution >= 4 is 11.9 Å². The molecule has 15 atom stereocenters. The number of esters is 2. The highest BCUT2D eigenvalue weighted by molar-refractivity contribution is 5.89. The molecule has 6 aliphatic rings. The number of ether oxygens (including phenoxy) is 6. The molecule has 45 heavy (non-hydrogen) atoms. The molecule has 5 saturated carbocycles. The van der Waals surface area contributed by atoms with Gasteiger partial charge in [0.15, 0.2) is 5.60 Å². The Balaban J connectivity index is 1.52. The van der Waals surface area contributed by atoms with Gasteiger partial charge in [0, 0.05) is 83.0 Å². The number of fused-ring (bicyclic) bond motifs is 2. The van der Waals surface area contributed by atoms with Crippen molar-refractivity contribution in [2.45, 2.75) is 73.6 Å². The molecular formula is C33H45NO11. The summed E-state index contributed by atoms with van der Waals surface area (Å²) in [5.74, 6) is -3.66. The molecule has 1 aromatic carbocycles. The molecule has 7 bridgehead atoms. The Labute approximate surface area is 262 Å². The number of methoxy groups -OCH3 is 4. The SMILES string of the molecule is COC[C@]12CN(C)[C@@H]3[C@@H]4[C@H](OC)C1[C@]3(C1C[C@@]3(O)[C@H](OC(=O)c5ccccc5)C1[C@]4(OC(C)=O)[C@@H](O)[C@@H]3OC)[C@@H](OC)C[C@H]2O. The Kier molecular flexibility index (Phi) is 7.28. The molecule has 7 rings (SSSR count). The number of carbonyl (C=O) groups excluding carboxylic acids is 2. The van der Waals surface area contributed by atoms with E-state index in [1.165, 1.54) is 14.0 Å². The van der Waals surface area contributed by atoms with Crippen LogP contribution in [0.4, 0.5) is 0 Å². The molecule has 1 spiro atoms. The van der Waals surface area contributed by atoms with E-state index in [0.717, 1.165) is 0 Å². The highest BCUT2D eigenvalue weighted by Crippen LogP contribution is 2.80. The molecular weight excluding hydrogens is 586 g/mol. The summed E-state index contributed by atoms with van der Waals surface area (Å²) >= 11 is 0. The monoisotopic (exact) mass is 631 g/mol. The van der Waals surface area contributed by atoms with Crippen LogP contribution < -0.4 is 0 Å². The van der Waals surface area contributed by atoms with Crippen LogP contribution in [0.5, 0.6) is 0 Å². The third-order valence-electron chi connectivity index (χ3n) is 12.9. The van der Waals surface area contributed by atoms with Gasteiger partial charge < -0.3 is 48.6 Å². The van der Waals surface area contributed by atoms with Crippen LogP contribution in [0.2, 0.25) is 0 Å². The van der Waals surface area contributed by atoms with Gasteiger partial charge in [-0.3, -0.25) is 4.79 Å². The average Bonchev–Trinajstić information content (AvgIpc) is 3.40. The van der Waals surface area contributed by atoms with E-state index in [-0.39, 0.29) is 25.0 Å². The smallest absolute Gasteiger partial charge is 0.338 e. The summed E-state index contributed by atoms with van der Waals surface area (Å²) in [6.45, 7) is 2.00. The van der Waals surface area contributed by atoms with Gasteiger partial charge in [-0.1, -0.05) is 18.2 Å². The highest BCUT2D eigenvalue weighted by atomic mass is 16.6. The minimum absolute atomic E-state index is 0.0754. The minimum atomic E-state index is -1.83. The fourth-order valence-corrected chi connectivity index (χ4v) is 12.2. The molecule has 12 nitrogen and oxygen atoms in total. The standard InChI is InChI=1S/C33H45NO11/c1-16(35)45-33-21-18(13-31(39,28(43-6)26(33)37)27(21)44-29(38)17-10-8-7-9-11-17)32-20(41-4)12-19(36)30(15-40-3)14-34(2)25(32)22(33)23(42-5)24(30)32/h7-11,18-28,36-37,39H,12-15H2,1-6H3/t18?,19-,20+,21?,22+,23+,24?,25-,26+,27-,28+,30+,31-,32+,33-/m1/s1. The lowest BCUT2D eigenvalue weighted by atomic mass is 9.42. The van der Waals surface area contributed by atoms with Gasteiger partial charge in [0.05, 0.1) is 30.5 Å². The predicted molar refractivity (Wildman–Crippen MR) is 156 cm³/mol. The van der Waals surface area contributed by atoms with Crippen LogP contribution in [0, 0.1) is 34.5 Å². The quantitative estimate of drug-likeness (QED) is 0.337. The second kappa shape index (κ2) is 10.4. The molecule has 1 heterocycles. The van der Waals surface area contributed by atoms with Crippen molar-refractivity contribution in [3.8, 4) is 0 Å². The number of rotatable bonds is 8. The van der Waals surface area contributed by atoms with E-state index < -0.39 is 88.3 Å². The fraction of sp³-hybridized carbons (Fsp3) is 0.758. The first-order valence-corrected chi connectivity index (χ1v) is 15.8. The van der Waals surface area contributed by atoms with Gasteiger partial charge in [-0.15, -0.1) is 0 Å². The molecule has 5 aliphatic carbocycles. The minimum Gasteiger partial charge on any atom is -0.455 e. The van der Waals surface area contributed by atoms with Crippen LogP contribution >= 0.6 is 0 Å². The zero-order chi connectivity index (χ0) is 32.3. The summed E-state index contributed by atoms with van der Waals surface area (Å²) in [5.41, 5.74) is -4.79. The van der Waals surface area contributed by atoms with Crippen LogP contribution in [0.3, 0.4) is 0 Å². The maximum absolute atomic E-state index is 13.7. The van der Waals surface area contributed by atoms with Crippen molar-refractivity contribution < 1.29 is 53.3 Å². The molecule has 12 heteroatoms. The number of likely N-dealkylation sites (tertiary alicyclic amines) is 1. The molecule has 3 unspecified atom stereocenters. The number of aliphatic hydroxyl groups is 3. The largest absolute Gasteiger partial charge is 0.455 e. The molecule has 0 radical (unpaired) electrons. The van der Waals surface area contributed by atoms with Crippen LogP contribution in [-0.2, 0) is 33.2 Å². The zero-order valence-corrected chi connectivity index (χ0v) is 26.6. The molecule has 248 valence electrons. The lowest BCUT2D eigenvalue weighted by Gasteiger charge is -2.70. The van der Waals surface area contributed by atoms with E-state index in [2.05, 4.69) is 4.90 Å². The summed E-state index contributed by atoms with van der Waals surface area (Å²) < 4.78 is 37.2. The van der Waals surface area contributed by atoms with Gasteiger partial charge in [0.2, 0.25) is 0 Å². The first kappa shape index (κ1) is 31.4. The predicted octanol–water partition coefficient (Wildman–Crippen LogP) is 0.258. The van der Waals surface area contributed by atoms with Crippen molar-refractivity contribution in [2.24, 2.45) is 34.5 Å². The van der Waals surface area contributed by atoms with E-state index in [1.54, 1.807) is 51.7 Å². The summed E-state index contributed by atoms with van der Waals surface area (Å²) in [4.78, 5) is 29.1. The van der Waals surface area contributed by atoms with E-state index in [9.17, 15) is 24.9 Å². The van der Waals surface area contributed by atoms with E-state index in [1.807, 2.05) is 7.05 Å². The number of piperidine rings is 1. The second-order valence-corrected chi connectivity index (χ2v) is 14.3. The molecule has 0 amide bonds. The maximum Gasteiger partial charge on any atom is 0.338 e. The topological polar surface area (TPSA) is 153 Å². The van der Waals surface area contributed by atoms with Crippen molar-refractivity contribution in [3.05, 3.63) is 35.9 Å². The Morgan fingerprint density at radius 3 is 2.31 bits per heavy atom. The number of hydrogen-bond acceptors (Lipinski definition) is 12. The van der Waals surface area contributed by atoms with Crippen molar-refractivity contribution in [2.75, 3.05) is 48.6 Å². The van der Waals surface area contributed by atoms with Crippen molar-refractivity contribution in [1.29, 1.82) is 0 Å². The van der Waals surface area contributed by atoms with Gasteiger partial charge in [-0.25, -0.2) is 4.79 Å². The van der Waals surface area contributed by atoms with Gasteiger partial charge in [-0.05, 0) is 31.5 Å². The number of hydrogen-bond donors (Lipinski definition) is 3. The summed E-state index contributed by atoms with van der Waals surface area (Å²) in [6, 6.07) is 8.15. The average molecular weight is 632 g/mol. The zero-order valence-electron chi connectivity index (χ0n) is 26.6. The van der Waals surface area contributed by atoms with Gasteiger partial charge in [-0.2, -0.15) is 0 Å². The summed E-state index contributed by atoms with van der Waals surface area (Å²) in [6.07, 6.45) is -5.50.